The lowest BCUT2D eigenvalue weighted by molar-refractivity contribution is -0.122. The van der Waals surface area contributed by atoms with Crippen LogP contribution >= 0.6 is 12.4 Å². The zero-order valence-electron chi connectivity index (χ0n) is 14.0. The van der Waals surface area contributed by atoms with Gasteiger partial charge in [0.2, 0.25) is 5.91 Å². The molecule has 2 rings (SSSR count). The number of hydrogen-bond acceptors (Lipinski definition) is 4. The number of ether oxygens (including phenoxy) is 2. The minimum absolute atomic E-state index is 0. The molecule has 0 heterocycles. The van der Waals surface area contributed by atoms with Gasteiger partial charge in [-0.2, -0.15) is 0 Å². The van der Waals surface area contributed by atoms with Gasteiger partial charge >= 0.3 is 0 Å². The monoisotopic (exact) mass is 350 g/mol. The van der Waals surface area contributed by atoms with Gasteiger partial charge in [-0.25, -0.2) is 0 Å². The number of benzene rings is 2. The first-order valence-electron chi connectivity index (χ1n) is 7.39. The standard InChI is InChI=1S/C18H22N2O3.ClH/c1-12(19)18(21)20-17(13-6-4-8-15(10-13)22-2)14-7-5-9-16(11-14)23-3;/h4-12,17H,19H2,1-3H3,(H,20,21);1H/t12-;/m0./s1. The van der Waals surface area contributed by atoms with E-state index in [1.54, 1.807) is 21.1 Å². The van der Waals surface area contributed by atoms with E-state index in [0.717, 1.165) is 22.6 Å². The van der Waals surface area contributed by atoms with Crippen LogP contribution in [-0.2, 0) is 4.79 Å². The van der Waals surface area contributed by atoms with Crippen molar-refractivity contribution >= 4 is 18.3 Å². The number of nitrogens with one attached hydrogen (secondary N) is 1. The number of amides is 1. The second kappa shape index (κ2) is 9.15. The molecule has 0 unspecified atom stereocenters. The van der Waals surface area contributed by atoms with Crippen LogP contribution in [0.1, 0.15) is 24.1 Å². The lowest BCUT2D eigenvalue weighted by Gasteiger charge is -2.22. The number of methoxy groups -OCH3 is 2. The molecule has 3 N–H and O–H groups in total. The van der Waals surface area contributed by atoms with E-state index < -0.39 is 6.04 Å². The Hall–Kier alpha value is -2.24. The Bertz CT molecular complexity index is 629. The Morgan fingerprint density at radius 2 is 1.46 bits per heavy atom. The highest BCUT2D eigenvalue weighted by atomic mass is 35.5. The van der Waals surface area contributed by atoms with Gasteiger partial charge in [0.25, 0.3) is 0 Å². The molecule has 130 valence electrons. The molecule has 6 heteroatoms. The Morgan fingerprint density at radius 1 is 1.00 bits per heavy atom. The second-order valence-corrected chi connectivity index (χ2v) is 5.28. The Morgan fingerprint density at radius 3 is 1.83 bits per heavy atom. The highest BCUT2D eigenvalue weighted by molar-refractivity contribution is 5.85. The van der Waals surface area contributed by atoms with E-state index in [-0.39, 0.29) is 24.4 Å². The molecule has 0 fully saturated rings. The van der Waals surface area contributed by atoms with Crippen molar-refractivity contribution in [1.29, 1.82) is 0 Å². The van der Waals surface area contributed by atoms with Gasteiger partial charge in [0.15, 0.2) is 0 Å². The van der Waals surface area contributed by atoms with E-state index in [1.165, 1.54) is 0 Å². The predicted molar refractivity (Wildman–Crippen MR) is 96.9 cm³/mol. The van der Waals surface area contributed by atoms with Crippen molar-refractivity contribution in [3.05, 3.63) is 59.7 Å². The normalized spacial score (nSPS) is 11.4. The molecule has 0 radical (unpaired) electrons. The van der Waals surface area contributed by atoms with E-state index in [4.69, 9.17) is 15.2 Å². The smallest absolute Gasteiger partial charge is 0.237 e. The summed E-state index contributed by atoms with van der Waals surface area (Å²) in [6.45, 7) is 1.66. The number of rotatable bonds is 6. The summed E-state index contributed by atoms with van der Waals surface area (Å²) in [5.41, 5.74) is 7.51. The van der Waals surface area contributed by atoms with Crippen LogP contribution in [0.2, 0.25) is 0 Å². The third-order valence-electron chi connectivity index (χ3n) is 3.55. The van der Waals surface area contributed by atoms with Crippen molar-refractivity contribution in [1.82, 2.24) is 5.32 Å². The maximum Gasteiger partial charge on any atom is 0.237 e. The molecule has 1 atom stereocenters. The van der Waals surface area contributed by atoms with Gasteiger partial charge in [-0.05, 0) is 42.3 Å². The number of halogens is 1. The van der Waals surface area contributed by atoms with E-state index >= 15 is 0 Å². The summed E-state index contributed by atoms with van der Waals surface area (Å²) in [6, 6.07) is 14.2. The van der Waals surface area contributed by atoms with E-state index in [0.29, 0.717) is 0 Å². The number of carbonyl (C=O) groups excluding carboxylic acids is 1. The summed E-state index contributed by atoms with van der Waals surface area (Å²) in [6.07, 6.45) is 0. The molecule has 0 aliphatic carbocycles. The van der Waals surface area contributed by atoms with Crippen LogP contribution in [0.25, 0.3) is 0 Å². The van der Waals surface area contributed by atoms with E-state index in [1.807, 2.05) is 48.5 Å². The molecule has 2 aromatic rings. The third-order valence-corrected chi connectivity index (χ3v) is 3.55. The van der Waals surface area contributed by atoms with Gasteiger partial charge in [-0.1, -0.05) is 24.3 Å². The summed E-state index contributed by atoms with van der Waals surface area (Å²) < 4.78 is 10.6. The molecule has 5 nitrogen and oxygen atoms in total. The molecule has 0 saturated carbocycles. The first kappa shape index (κ1) is 19.8. The first-order chi connectivity index (χ1) is 11.0. The molecular formula is C18H23ClN2O3. The summed E-state index contributed by atoms with van der Waals surface area (Å²) >= 11 is 0. The van der Waals surface area contributed by atoms with E-state index in [9.17, 15) is 4.79 Å². The summed E-state index contributed by atoms with van der Waals surface area (Å²) in [5.74, 6) is 1.23. The van der Waals surface area contributed by atoms with Gasteiger partial charge < -0.3 is 20.5 Å². The van der Waals surface area contributed by atoms with Crippen molar-refractivity contribution in [2.75, 3.05) is 14.2 Å². The minimum atomic E-state index is -0.589. The molecular weight excluding hydrogens is 328 g/mol. The summed E-state index contributed by atoms with van der Waals surface area (Å²) in [5, 5.41) is 2.98. The topological polar surface area (TPSA) is 73.6 Å². The summed E-state index contributed by atoms with van der Waals surface area (Å²) in [7, 11) is 3.22. The van der Waals surface area contributed by atoms with Crippen molar-refractivity contribution in [2.45, 2.75) is 19.0 Å². The SMILES string of the molecule is COc1cccc(C(NC(=O)[C@H](C)N)c2cccc(OC)c2)c1.Cl. The lowest BCUT2D eigenvalue weighted by atomic mass is 9.97. The maximum absolute atomic E-state index is 12.1. The third kappa shape index (κ3) is 4.88. The van der Waals surface area contributed by atoms with Gasteiger partial charge in [-0.15, -0.1) is 12.4 Å². The zero-order chi connectivity index (χ0) is 16.8. The van der Waals surface area contributed by atoms with Crippen molar-refractivity contribution in [3.63, 3.8) is 0 Å². The van der Waals surface area contributed by atoms with Crippen molar-refractivity contribution < 1.29 is 14.3 Å². The van der Waals surface area contributed by atoms with Crippen LogP contribution in [-0.4, -0.2) is 26.2 Å². The fourth-order valence-electron chi connectivity index (χ4n) is 2.27. The highest BCUT2D eigenvalue weighted by Gasteiger charge is 2.19. The fraction of sp³-hybridized carbons (Fsp3) is 0.278. The first-order valence-corrected chi connectivity index (χ1v) is 7.39. The number of nitrogens with two attached hydrogens (primary N) is 1. The zero-order valence-corrected chi connectivity index (χ0v) is 14.8. The van der Waals surface area contributed by atoms with Crippen LogP contribution in [0.5, 0.6) is 11.5 Å². The fourth-order valence-corrected chi connectivity index (χ4v) is 2.27. The van der Waals surface area contributed by atoms with Gasteiger partial charge in [0.1, 0.15) is 11.5 Å². The Balaban J connectivity index is 0.00000288. The molecule has 0 saturated heterocycles. The molecule has 24 heavy (non-hydrogen) atoms. The van der Waals surface area contributed by atoms with Crippen LogP contribution in [0, 0.1) is 0 Å². The number of carbonyl (C=O) groups is 1. The average Bonchev–Trinajstić information content (AvgIpc) is 2.59. The molecule has 0 aromatic heterocycles. The van der Waals surface area contributed by atoms with Crippen LogP contribution in [0.15, 0.2) is 48.5 Å². The quantitative estimate of drug-likeness (QED) is 0.840. The number of hydrogen-bond donors (Lipinski definition) is 2. The lowest BCUT2D eigenvalue weighted by Crippen LogP contribution is -2.40. The van der Waals surface area contributed by atoms with Crippen molar-refractivity contribution in [2.24, 2.45) is 5.73 Å². The highest BCUT2D eigenvalue weighted by Crippen LogP contribution is 2.27. The molecule has 0 bridgehead atoms. The van der Waals surface area contributed by atoms with Crippen LogP contribution < -0.4 is 20.5 Å². The van der Waals surface area contributed by atoms with Gasteiger partial charge in [0.05, 0.1) is 26.3 Å². The van der Waals surface area contributed by atoms with Crippen LogP contribution in [0.4, 0.5) is 0 Å². The Labute approximate surface area is 148 Å². The predicted octanol–water partition coefficient (Wildman–Crippen LogP) is 2.68. The van der Waals surface area contributed by atoms with Gasteiger partial charge in [-0.3, -0.25) is 4.79 Å². The van der Waals surface area contributed by atoms with Gasteiger partial charge in [0, 0.05) is 0 Å². The second-order valence-electron chi connectivity index (χ2n) is 5.28. The van der Waals surface area contributed by atoms with E-state index in [2.05, 4.69) is 5.32 Å². The largest absolute Gasteiger partial charge is 0.497 e. The molecule has 0 aliphatic heterocycles. The van der Waals surface area contributed by atoms with Crippen molar-refractivity contribution in [3.8, 4) is 11.5 Å². The Kier molecular flexibility index (Phi) is 7.55. The van der Waals surface area contributed by atoms with Crippen LogP contribution in [0.3, 0.4) is 0 Å². The summed E-state index contributed by atoms with van der Waals surface area (Å²) in [4.78, 5) is 12.1. The maximum atomic E-state index is 12.1. The molecule has 2 aromatic carbocycles. The average molecular weight is 351 g/mol. The molecule has 0 aliphatic rings. The minimum Gasteiger partial charge on any atom is -0.497 e. The molecule has 1 amide bonds. The molecule has 0 spiro atoms.